The molecule has 0 spiro atoms. The summed E-state index contributed by atoms with van der Waals surface area (Å²) in [6.45, 7) is 1.47. The van der Waals surface area contributed by atoms with E-state index in [4.69, 9.17) is 9.88 Å². The molecule has 0 unspecified atom stereocenters. The Morgan fingerprint density at radius 1 is 1.03 bits per heavy atom. The highest BCUT2D eigenvalue weighted by Crippen LogP contribution is 2.41. The van der Waals surface area contributed by atoms with E-state index in [1.54, 1.807) is 0 Å². The minimum absolute atomic E-state index is 0.00737. The van der Waals surface area contributed by atoms with Crippen LogP contribution >= 0.6 is 0 Å². The third-order valence-electron chi connectivity index (χ3n) is 5.80. The molecule has 3 aromatic carbocycles. The quantitative estimate of drug-likeness (QED) is 0.308. The van der Waals surface area contributed by atoms with E-state index < -0.39 is 40.5 Å². The lowest BCUT2D eigenvalue weighted by atomic mass is 9.92. The number of nitrogens with one attached hydrogen (secondary N) is 1. The van der Waals surface area contributed by atoms with Gasteiger partial charge < -0.3 is 10.1 Å². The third kappa shape index (κ3) is 7.07. The molecule has 0 aliphatic rings. The van der Waals surface area contributed by atoms with Gasteiger partial charge in [-0.15, -0.1) is 0 Å². The van der Waals surface area contributed by atoms with Crippen molar-refractivity contribution in [3.05, 3.63) is 76.9 Å². The van der Waals surface area contributed by atoms with Crippen molar-refractivity contribution in [3.8, 4) is 16.9 Å². The molecule has 0 aliphatic heterocycles. The van der Waals surface area contributed by atoms with Crippen LogP contribution in [0.5, 0.6) is 5.75 Å². The second-order valence-corrected chi connectivity index (χ2v) is 10.1. The summed E-state index contributed by atoms with van der Waals surface area (Å²) in [4.78, 5) is 12.7. The topological polar surface area (TPSA) is 98.5 Å². The van der Waals surface area contributed by atoms with Crippen LogP contribution in [0.2, 0.25) is 0 Å². The number of halogens is 5. The van der Waals surface area contributed by atoms with E-state index >= 15 is 0 Å². The summed E-state index contributed by atoms with van der Waals surface area (Å²) in [5, 5.41) is 7.76. The first kappa shape index (κ1) is 29.1. The van der Waals surface area contributed by atoms with E-state index in [1.807, 2.05) is 0 Å². The van der Waals surface area contributed by atoms with Crippen LogP contribution < -0.4 is 15.2 Å². The predicted octanol–water partition coefficient (Wildman–Crippen LogP) is 6.18. The van der Waals surface area contributed by atoms with Crippen LogP contribution in [0.1, 0.15) is 39.9 Å². The van der Waals surface area contributed by atoms with E-state index in [2.05, 4.69) is 5.32 Å². The smallest absolute Gasteiger partial charge is 0.417 e. The van der Waals surface area contributed by atoms with Gasteiger partial charge in [0.2, 0.25) is 16.4 Å². The number of ether oxygens (including phenoxy) is 1. The van der Waals surface area contributed by atoms with Gasteiger partial charge in [0.15, 0.2) is 0 Å². The Bertz CT molecular complexity index is 1440. The normalized spacial score (nSPS) is 12.0. The van der Waals surface area contributed by atoms with E-state index in [-0.39, 0.29) is 51.4 Å². The summed E-state index contributed by atoms with van der Waals surface area (Å²) in [7, 11) is -2.74. The van der Waals surface area contributed by atoms with Gasteiger partial charge in [0.05, 0.1) is 17.6 Å². The molecule has 3 N–H and O–H groups in total. The Balaban J connectivity index is 2.00. The Morgan fingerprint density at radius 2 is 1.71 bits per heavy atom. The number of carbonyl (C=O) groups is 1. The standard InChI is InChI=1S/C26H25F5N2O4S/c1-15-12-17(6-11-23(15)38(32,35)36)25(34)33-18-7-9-20(16(13-18)4-3-5-24(27)28)21-10-8-19(37-2)14-22(21)26(29,30)31/h6-14,24H,3-5H2,1-2H3,(H,33,34)(H2,32,35,36). The number of nitrogens with two attached hydrogens (primary N) is 1. The van der Waals surface area contributed by atoms with Crippen LogP contribution in [0.4, 0.5) is 27.6 Å². The number of primary sulfonamides is 1. The van der Waals surface area contributed by atoms with E-state index in [9.17, 15) is 35.2 Å². The molecule has 0 atom stereocenters. The van der Waals surface area contributed by atoms with E-state index in [0.717, 1.165) is 6.07 Å². The van der Waals surface area contributed by atoms with Crippen molar-refractivity contribution in [2.45, 2.75) is 43.7 Å². The van der Waals surface area contributed by atoms with E-state index in [1.165, 1.54) is 62.6 Å². The number of carbonyl (C=O) groups excluding carboxylic acids is 1. The molecule has 3 rings (SSSR count). The predicted molar refractivity (Wildman–Crippen MR) is 133 cm³/mol. The Kier molecular flexibility index (Phi) is 8.78. The van der Waals surface area contributed by atoms with Crippen LogP contribution in [0.25, 0.3) is 11.1 Å². The minimum atomic E-state index is -4.71. The monoisotopic (exact) mass is 556 g/mol. The van der Waals surface area contributed by atoms with Crippen LogP contribution in [-0.4, -0.2) is 27.9 Å². The van der Waals surface area contributed by atoms with Gasteiger partial charge in [0, 0.05) is 17.7 Å². The summed E-state index contributed by atoms with van der Waals surface area (Å²) in [5.74, 6) is -0.603. The van der Waals surface area contributed by atoms with Gasteiger partial charge in [-0.3, -0.25) is 4.79 Å². The highest BCUT2D eigenvalue weighted by molar-refractivity contribution is 7.89. The fourth-order valence-corrected chi connectivity index (χ4v) is 4.79. The number of alkyl halides is 5. The number of methoxy groups -OCH3 is 1. The van der Waals surface area contributed by atoms with Gasteiger partial charge in [0.1, 0.15) is 5.75 Å². The molecule has 38 heavy (non-hydrogen) atoms. The van der Waals surface area contributed by atoms with Crippen LogP contribution in [0, 0.1) is 6.92 Å². The number of rotatable bonds is 9. The highest BCUT2D eigenvalue weighted by atomic mass is 32.2. The lowest BCUT2D eigenvalue weighted by molar-refractivity contribution is -0.137. The molecule has 0 aromatic heterocycles. The number of aryl methyl sites for hydroxylation is 2. The second-order valence-electron chi connectivity index (χ2n) is 8.54. The lowest BCUT2D eigenvalue weighted by Gasteiger charge is -2.18. The molecule has 0 saturated carbocycles. The zero-order valence-corrected chi connectivity index (χ0v) is 21.2. The number of sulfonamides is 1. The van der Waals surface area contributed by atoms with E-state index in [0.29, 0.717) is 5.56 Å². The Morgan fingerprint density at radius 3 is 2.29 bits per heavy atom. The molecular formula is C26H25F5N2O4S. The van der Waals surface area contributed by atoms with Gasteiger partial charge in [-0.1, -0.05) is 12.1 Å². The maximum absolute atomic E-state index is 13.9. The second kappa shape index (κ2) is 11.5. The molecule has 0 fully saturated rings. The highest BCUT2D eigenvalue weighted by Gasteiger charge is 2.34. The van der Waals surface area contributed by atoms with Gasteiger partial charge in [-0.05, 0) is 84.5 Å². The lowest BCUT2D eigenvalue weighted by Crippen LogP contribution is -2.16. The zero-order valence-electron chi connectivity index (χ0n) is 20.4. The molecule has 0 bridgehead atoms. The molecular weight excluding hydrogens is 531 g/mol. The van der Waals surface area contributed by atoms with Gasteiger partial charge >= 0.3 is 6.18 Å². The maximum Gasteiger partial charge on any atom is 0.417 e. The molecule has 204 valence electrons. The van der Waals surface area contributed by atoms with Crippen molar-refractivity contribution in [3.63, 3.8) is 0 Å². The maximum atomic E-state index is 13.9. The Hall–Kier alpha value is -3.51. The van der Waals surface area contributed by atoms with Crippen LogP contribution in [-0.2, 0) is 22.6 Å². The zero-order chi connectivity index (χ0) is 28.3. The van der Waals surface area contributed by atoms with Gasteiger partial charge in [-0.2, -0.15) is 13.2 Å². The average molecular weight is 557 g/mol. The van der Waals surface area contributed by atoms with Gasteiger partial charge in [-0.25, -0.2) is 22.3 Å². The third-order valence-corrected chi connectivity index (χ3v) is 6.87. The first-order valence-corrected chi connectivity index (χ1v) is 12.9. The van der Waals surface area contributed by atoms with Crippen molar-refractivity contribution in [1.29, 1.82) is 0 Å². The molecule has 6 nitrogen and oxygen atoms in total. The molecule has 0 aliphatic carbocycles. The molecule has 12 heteroatoms. The first-order valence-electron chi connectivity index (χ1n) is 11.3. The van der Waals surface area contributed by atoms with Gasteiger partial charge in [0.25, 0.3) is 5.91 Å². The largest absolute Gasteiger partial charge is 0.497 e. The van der Waals surface area contributed by atoms with Crippen molar-refractivity contribution < 1.29 is 39.9 Å². The molecule has 0 radical (unpaired) electrons. The van der Waals surface area contributed by atoms with Crippen molar-refractivity contribution in [2.24, 2.45) is 5.14 Å². The number of hydrogen-bond acceptors (Lipinski definition) is 4. The number of benzene rings is 3. The average Bonchev–Trinajstić information content (AvgIpc) is 2.82. The van der Waals surface area contributed by atoms with Crippen LogP contribution in [0.3, 0.4) is 0 Å². The first-order chi connectivity index (χ1) is 17.7. The number of anilines is 1. The summed E-state index contributed by atoms with van der Waals surface area (Å²) < 4.78 is 95.3. The molecule has 0 heterocycles. The number of amides is 1. The molecule has 0 saturated heterocycles. The van der Waals surface area contributed by atoms with Crippen molar-refractivity contribution >= 4 is 21.6 Å². The molecule has 3 aromatic rings. The fraction of sp³-hybridized carbons (Fsp3) is 0.269. The van der Waals surface area contributed by atoms with Crippen molar-refractivity contribution in [2.75, 3.05) is 12.4 Å². The Labute approximate surface area is 216 Å². The summed E-state index contributed by atoms with van der Waals surface area (Å²) in [5.41, 5.74) is 0.00298. The SMILES string of the molecule is COc1ccc(-c2ccc(NC(=O)c3ccc(S(N)(=O)=O)c(C)c3)cc2CCCC(F)F)c(C(F)(F)F)c1. The fourth-order valence-electron chi connectivity index (χ4n) is 4.02. The summed E-state index contributed by atoms with van der Waals surface area (Å²) >= 11 is 0. The minimum Gasteiger partial charge on any atom is -0.497 e. The molecule has 1 amide bonds. The summed E-state index contributed by atoms with van der Waals surface area (Å²) in [6, 6.07) is 11.5. The number of hydrogen-bond donors (Lipinski definition) is 2. The summed E-state index contributed by atoms with van der Waals surface area (Å²) in [6.07, 6.45) is -7.68. The van der Waals surface area contributed by atoms with Crippen LogP contribution in [0.15, 0.2) is 59.5 Å². The van der Waals surface area contributed by atoms with Crippen molar-refractivity contribution in [1.82, 2.24) is 0 Å².